The summed E-state index contributed by atoms with van der Waals surface area (Å²) in [5.74, 6) is -0.477. The zero-order chi connectivity index (χ0) is 14.7. The van der Waals surface area contributed by atoms with Gasteiger partial charge in [-0.2, -0.15) is 0 Å². The number of piperidine rings is 1. The molecule has 1 fully saturated rings. The maximum absolute atomic E-state index is 12.6. The predicted molar refractivity (Wildman–Crippen MR) is 80.9 cm³/mol. The van der Waals surface area contributed by atoms with Crippen LogP contribution in [0.5, 0.6) is 0 Å². The van der Waals surface area contributed by atoms with E-state index in [-0.39, 0.29) is 17.7 Å². The van der Waals surface area contributed by atoms with Gasteiger partial charge in [0, 0.05) is 12.1 Å². The standard InChI is InChI=1S/C18H17NO2/c20-17(15-10-5-2-6-11-15)19-13-7-12-16(18(19)21)14-8-3-1-4-9-14/h1-6,8-11,16H,7,12-13H2. The van der Waals surface area contributed by atoms with Gasteiger partial charge in [-0.1, -0.05) is 48.5 Å². The van der Waals surface area contributed by atoms with Gasteiger partial charge in [-0.3, -0.25) is 14.5 Å². The molecule has 0 saturated carbocycles. The molecule has 1 aliphatic heterocycles. The average molecular weight is 279 g/mol. The van der Waals surface area contributed by atoms with Crippen molar-refractivity contribution in [2.45, 2.75) is 18.8 Å². The lowest BCUT2D eigenvalue weighted by Crippen LogP contribution is -2.44. The van der Waals surface area contributed by atoms with Gasteiger partial charge in [0.05, 0.1) is 5.92 Å². The van der Waals surface area contributed by atoms with Crippen LogP contribution >= 0.6 is 0 Å². The van der Waals surface area contributed by atoms with Gasteiger partial charge in [-0.25, -0.2) is 0 Å². The van der Waals surface area contributed by atoms with E-state index in [2.05, 4.69) is 0 Å². The molecule has 0 aliphatic carbocycles. The van der Waals surface area contributed by atoms with Crippen LogP contribution in [-0.4, -0.2) is 23.3 Å². The second-order valence-electron chi connectivity index (χ2n) is 5.27. The molecule has 1 saturated heterocycles. The minimum Gasteiger partial charge on any atom is -0.278 e. The van der Waals surface area contributed by atoms with Gasteiger partial charge >= 0.3 is 0 Å². The SMILES string of the molecule is O=C(c1ccccc1)N1CCCC(c2ccccc2)C1=O. The van der Waals surface area contributed by atoms with Gasteiger partial charge in [0.1, 0.15) is 0 Å². The molecule has 0 spiro atoms. The third kappa shape index (κ3) is 2.72. The van der Waals surface area contributed by atoms with Gasteiger partial charge in [-0.15, -0.1) is 0 Å². The summed E-state index contributed by atoms with van der Waals surface area (Å²) < 4.78 is 0. The van der Waals surface area contributed by atoms with Gasteiger partial charge in [0.2, 0.25) is 5.91 Å². The third-order valence-electron chi connectivity index (χ3n) is 3.91. The zero-order valence-electron chi connectivity index (χ0n) is 11.7. The van der Waals surface area contributed by atoms with Crippen LogP contribution < -0.4 is 0 Å². The van der Waals surface area contributed by atoms with Gasteiger partial charge in [0.15, 0.2) is 0 Å². The van der Waals surface area contributed by atoms with Crippen molar-refractivity contribution >= 4 is 11.8 Å². The van der Waals surface area contributed by atoms with Crippen molar-refractivity contribution in [2.75, 3.05) is 6.54 Å². The average Bonchev–Trinajstić information content (AvgIpc) is 2.56. The summed E-state index contributed by atoms with van der Waals surface area (Å²) in [5, 5.41) is 0. The van der Waals surface area contributed by atoms with Crippen molar-refractivity contribution in [3.8, 4) is 0 Å². The van der Waals surface area contributed by atoms with Crippen LogP contribution in [-0.2, 0) is 4.79 Å². The van der Waals surface area contributed by atoms with E-state index in [0.717, 1.165) is 18.4 Å². The molecule has 1 atom stereocenters. The lowest BCUT2D eigenvalue weighted by atomic mass is 9.89. The van der Waals surface area contributed by atoms with Crippen LogP contribution in [0.4, 0.5) is 0 Å². The molecule has 0 N–H and O–H groups in total. The van der Waals surface area contributed by atoms with Crippen molar-refractivity contribution < 1.29 is 9.59 Å². The van der Waals surface area contributed by atoms with Gasteiger partial charge in [-0.05, 0) is 30.5 Å². The van der Waals surface area contributed by atoms with E-state index in [4.69, 9.17) is 0 Å². The Bertz CT molecular complexity index is 637. The lowest BCUT2D eigenvalue weighted by Gasteiger charge is -2.31. The number of rotatable bonds is 2. The first-order chi connectivity index (χ1) is 10.3. The highest BCUT2D eigenvalue weighted by Gasteiger charge is 2.33. The van der Waals surface area contributed by atoms with E-state index in [1.165, 1.54) is 4.90 Å². The highest BCUT2D eigenvalue weighted by atomic mass is 16.2. The first-order valence-corrected chi connectivity index (χ1v) is 7.23. The van der Waals surface area contributed by atoms with Crippen molar-refractivity contribution in [1.82, 2.24) is 4.90 Å². The Morgan fingerprint density at radius 3 is 2.24 bits per heavy atom. The summed E-state index contributed by atoms with van der Waals surface area (Å²) in [6, 6.07) is 18.7. The molecule has 0 aromatic heterocycles. The van der Waals surface area contributed by atoms with Crippen molar-refractivity contribution in [2.24, 2.45) is 0 Å². The highest BCUT2D eigenvalue weighted by molar-refractivity contribution is 6.06. The summed E-state index contributed by atoms with van der Waals surface area (Å²) in [4.78, 5) is 26.5. The van der Waals surface area contributed by atoms with Crippen LogP contribution in [0.2, 0.25) is 0 Å². The molecule has 3 nitrogen and oxygen atoms in total. The number of amides is 2. The fourth-order valence-corrected chi connectivity index (χ4v) is 2.81. The van der Waals surface area contributed by atoms with Crippen LogP contribution in [0.1, 0.15) is 34.7 Å². The van der Waals surface area contributed by atoms with Gasteiger partial charge < -0.3 is 0 Å². The predicted octanol–water partition coefficient (Wildman–Crippen LogP) is 3.23. The summed E-state index contributed by atoms with van der Waals surface area (Å²) >= 11 is 0. The second-order valence-corrected chi connectivity index (χ2v) is 5.27. The number of imide groups is 1. The Hall–Kier alpha value is -2.42. The molecule has 1 unspecified atom stereocenters. The van der Waals surface area contributed by atoms with E-state index in [1.54, 1.807) is 12.1 Å². The van der Waals surface area contributed by atoms with Crippen LogP contribution in [0, 0.1) is 0 Å². The molecule has 0 bridgehead atoms. The molecule has 1 heterocycles. The molecule has 106 valence electrons. The topological polar surface area (TPSA) is 37.4 Å². The first-order valence-electron chi connectivity index (χ1n) is 7.23. The van der Waals surface area contributed by atoms with Crippen LogP contribution in [0.25, 0.3) is 0 Å². The second kappa shape index (κ2) is 5.92. The number of hydrogen-bond acceptors (Lipinski definition) is 2. The zero-order valence-corrected chi connectivity index (χ0v) is 11.7. The van der Waals surface area contributed by atoms with Crippen molar-refractivity contribution in [3.63, 3.8) is 0 Å². The Labute approximate surface area is 124 Å². The monoisotopic (exact) mass is 279 g/mol. The van der Waals surface area contributed by atoms with E-state index in [9.17, 15) is 9.59 Å². The number of hydrogen-bond donors (Lipinski definition) is 0. The molecule has 2 aromatic rings. The Balaban J connectivity index is 1.84. The highest BCUT2D eigenvalue weighted by Crippen LogP contribution is 2.28. The van der Waals surface area contributed by atoms with Crippen LogP contribution in [0.3, 0.4) is 0 Å². The molecule has 21 heavy (non-hydrogen) atoms. The lowest BCUT2D eigenvalue weighted by molar-refractivity contribution is -0.132. The molecule has 3 rings (SSSR count). The Morgan fingerprint density at radius 1 is 0.952 bits per heavy atom. The third-order valence-corrected chi connectivity index (χ3v) is 3.91. The van der Waals surface area contributed by atoms with Gasteiger partial charge in [0.25, 0.3) is 5.91 Å². The van der Waals surface area contributed by atoms with E-state index < -0.39 is 0 Å². The fourth-order valence-electron chi connectivity index (χ4n) is 2.81. The summed E-state index contributed by atoms with van der Waals surface area (Å²) in [6.45, 7) is 0.510. The largest absolute Gasteiger partial charge is 0.278 e. The summed E-state index contributed by atoms with van der Waals surface area (Å²) in [5.41, 5.74) is 1.56. The Morgan fingerprint density at radius 2 is 1.57 bits per heavy atom. The molecule has 2 aromatic carbocycles. The number of nitrogens with zero attached hydrogens (tertiary/aromatic N) is 1. The normalized spacial score (nSPS) is 18.6. The minimum absolute atomic E-state index is 0.0821. The maximum atomic E-state index is 12.6. The maximum Gasteiger partial charge on any atom is 0.260 e. The first kappa shape index (κ1) is 13.6. The molecular weight excluding hydrogens is 262 g/mol. The fraction of sp³-hybridized carbons (Fsp3) is 0.222. The number of likely N-dealkylation sites (tertiary alicyclic amines) is 1. The van der Waals surface area contributed by atoms with Crippen molar-refractivity contribution in [1.29, 1.82) is 0 Å². The van der Waals surface area contributed by atoms with Crippen LogP contribution in [0.15, 0.2) is 60.7 Å². The quantitative estimate of drug-likeness (QED) is 0.791. The molecule has 1 aliphatic rings. The molecule has 3 heteroatoms. The smallest absolute Gasteiger partial charge is 0.260 e. The summed E-state index contributed by atoms with van der Waals surface area (Å²) in [7, 11) is 0. The number of benzene rings is 2. The molecular formula is C18H17NO2. The molecule has 0 radical (unpaired) electrons. The Kier molecular flexibility index (Phi) is 3.82. The van der Waals surface area contributed by atoms with E-state index in [1.807, 2.05) is 48.5 Å². The van der Waals surface area contributed by atoms with Crippen molar-refractivity contribution in [3.05, 3.63) is 71.8 Å². The number of carbonyl (C=O) groups excluding carboxylic acids is 2. The van der Waals surface area contributed by atoms with E-state index in [0.29, 0.717) is 12.1 Å². The summed E-state index contributed by atoms with van der Waals surface area (Å²) in [6.07, 6.45) is 1.66. The molecule has 2 amide bonds. The minimum atomic E-state index is -0.201. The number of carbonyl (C=O) groups is 2. The van der Waals surface area contributed by atoms with E-state index >= 15 is 0 Å².